The van der Waals surface area contributed by atoms with Crippen molar-refractivity contribution < 1.29 is 4.79 Å². The first-order valence-corrected chi connectivity index (χ1v) is 5.30. The molecule has 0 aliphatic carbocycles. The zero-order valence-corrected chi connectivity index (χ0v) is 8.30. The van der Waals surface area contributed by atoms with Gasteiger partial charge in [-0.15, -0.1) is 0 Å². The number of primary amides is 1. The van der Waals surface area contributed by atoms with E-state index in [9.17, 15) is 4.79 Å². The average Bonchev–Trinajstić information content (AvgIpc) is 2.55. The van der Waals surface area contributed by atoms with Crippen LogP contribution < -0.4 is 5.73 Å². The minimum atomic E-state index is -0.166. The van der Waals surface area contributed by atoms with E-state index in [1.165, 1.54) is 38.9 Å². The summed E-state index contributed by atoms with van der Waals surface area (Å²) in [7, 11) is 0. The second-order valence-electron chi connectivity index (χ2n) is 3.83. The largest absolute Gasteiger partial charge is 0.370 e. The number of nitrogens with two attached hydrogens (primary N) is 1. The van der Waals surface area contributed by atoms with E-state index >= 15 is 0 Å². The fraction of sp³-hybridized carbons (Fsp3) is 0.900. The number of amides is 1. The number of rotatable bonds is 6. The van der Waals surface area contributed by atoms with E-state index in [4.69, 9.17) is 5.73 Å². The van der Waals surface area contributed by atoms with Crippen LogP contribution in [0.5, 0.6) is 0 Å². The lowest BCUT2D eigenvalue weighted by atomic mass is 10.2. The Morgan fingerprint density at radius 2 is 1.85 bits per heavy atom. The van der Waals surface area contributed by atoms with Crippen LogP contribution in [0.4, 0.5) is 0 Å². The molecule has 1 fully saturated rings. The number of unbranched alkanes of at least 4 members (excludes halogenated alkanes) is 2. The molecule has 0 bridgehead atoms. The van der Waals surface area contributed by atoms with E-state index in [1.807, 2.05) is 0 Å². The first-order valence-electron chi connectivity index (χ1n) is 5.30. The smallest absolute Gasteiger partial charge is 0.217 e. The van der Waals surface area contributed by atoms with Gasteiger partial charge in [0.1, 0.15) is 0 Å². The Morgan fingerprint density at radius 3 is 2.46 bits per heavy atom. The molecule has 0 aromatic heterocycles. The fourth-order valence-corrected chi connectivity index (χ4v) is 1.82. The van der Waals surface area contributed by atoms with Crippen molar-refractivity contribution in [1.29, 1.82) is 0 Å². The van der Waals surface area contributed by atoms with Gasteiger partial charge < -0.3 is 10.6 Å². The number of likely N-dealkylation sites (tertiary alicyclic amines) is 1. The highest BCUT2D eigenvalue weighted by atomic mass is 16.1. The molecule has 0 unspecified atom stereocenters. The van der Waals surface area contributed by atoms with Crippen molar-refractivity contribution in [3.8, 4) is 0 Å². The highest BCUT2D eigenvalue weighted by molar-refractivity contribution is 5.73. The molecule has 0 atom stereocenters. The topological polar surface area (TPSA) is 46.3 Å². The van der Waals surface area contributed by atoms with Crippen molar-refractivity contribution >= 4 is 5.91 Å². The molecule has 1 saturated heterocycles. The predicted octanol–water partition coefficient (Wildman–Crippen LogP) is 1.13. The van der Waals surface area contributed by atoms with Crippen LogP contribution in [0.1, 0.15) is 38.5 Å². The maximum Gasteiger partial charge on any atom is 0.217 e. The van der Waals surface area contributed by atoms with Gasteiger partial charge in [0.05, 0.1) is 0 Å². The van der Waals surface area contributed by atoms with Crippen molar-refractivity contribution in [2.45, 2.75) is 38.5 Å². The third-order valence-corrected chi connectivity index (χ3v) is 2.60. The number of hydrogen-bond acceptors (Lipinski definition) is 2. The lowest BCUT2D eigenvalue weighted by Gasteiger charge is -2.13. The van der Waals surface area contributed by atoms with E-state index in [-0.39, 0.29) is 5.91 Å². The Hall–Kier alpha value is -0.570. The number of carbonyl (C=O) groups excluding carboxylic acids is 1. The van der Waals surface area contributed by atoms with Crippen molar-refractivity contribution in [3.05, 3.63) is 0 Å². The first-order chi connectivity index (χ1) is 6.29. The quantitative estimate of drug-likeness (QED) is 0.629. The summed E-state index contributed by atoms with van der Waals surface area (Å²) in [6, 6.07) is 0. The van der Waals surface area contributed by atoms with Gasteiger partial charge in [-0.1, -0.05) is 6.42 Å². The average molecular weight is 184 g/mol. The SMILES string of the molecule is NC(=O)CCCCCN1CCCC1. The molecule has 0 aromatic rings. The van der Waals surface area contributed by atoms with E-state index in [2.05, 4.69) is 4.90 Å². The molecular weight excluding hydrogens is 164 g/mol. The molecule has 2 N–H and O–H groups in total. The third kappa shape index (κ3) is 4.88. The van der Waals surface area contributed by atoms with E-state index < -0.39 is 0 Å². The fourth-order valence-electron chi connectivity index (χ4n) is 1.82. The van der Waals surface area contributed by atoms with Crippen LogP contribution >= 0.6 is 0 Å². The molecule has 0 saturated carbocycles. The van der Waals surface area contributed by atoms with Gasteiger partial charge in [-0.3, -0.25) is 4.79 Å². The van der Waals surface area contributed by atoms with Crippen LogP contribution in [-0.2, 0) is 4.79 Å². The second kappa shape index (κ2) is 5.97. The molecule has 76 valence electrons. The van der Waals surface area contributed by atoms with Gasteiger partial charge in [0.15, 0.2) is 0 Å². The van der Waals surface area contributed by atoms with Gasteiger partial charge in [0.2, 0.25) is 5.91 Å². The molecule has 0 spiro atoms. The summed E-state index contributed by atoms with van der Waals surface area (Å²) in [6.45, 7) is 3.75. The maximum absolute atomic E-state index is 10.4. The van der Waals surface area contributed by atoms with Crippen LogP contribution in [0.2, 0.25) is 0 Å². The molecule has 13 heavy (non-hydrogen) atoms. The monoisotopic (exact) mass is 184 g/mol. The first kappa shape index (κ1) is 10.5. The van der Waals surface area contributed by atoms with Gasteiger partial charge in [-0.05, 0) is 45.3 Å². The van der Waals surface area contributed by atoms with Gasteiger partial charge in [-0.2, -0.15) is 0 Å². The third-order valence-electron chi connectivity index (χ3n) is 2.60. The molecule has 3 heteroatoms. The Labute approximate surface area is 80.3 Å². The summed E-state index contributed by atoms with van der Waals surface area (Å²) in [5, 5.41) is 0. The summed E-state index contributed by atoms with van der Waals surface area (Å²) >= 11 is 0. The maximum atomic E-state index is 10.4. The molecule has 1 amide bonds. The zero-order chi connectivity index (χ0) is 9.52. The van der Waals surface area contributed by atoms with Gasteiger partial charge >= 0.3 is 0 Å². The summed E-state index contributed by atoms with van der Waals surface area (Å²) in [6.07, 6.45) is 6.60. The molecule has 3 nitrogen and oxygen atoms in total. The van der Waals surface area contributed by atoms with Gasteiger partial charge in [-0.25, -0.2) is 0 Å². The van der Waals surface area contributed by atoms with Crippen molar-refractivity contribution in [1.82, 2.24) is 4.90 Å². The number of nitrogens with zero attached hydrogens (tertiary/aromatic N) is 1. The molecule has 1 rings (SSSR count). The summed E-state index contributed by atoms with van der Waals surface area (Å²) in [4.78, 5) is 12.9. The highest BCUT2D eigenvalue weighted by Gasteiger charge is 2.09. The van der Waals surface area contributed by atoms with Crippen LogP contribution in [0.25, 0.3) is 0 Å². The molecule has 0 aromatic carbocycles. The highest BCUT2D eigenvalue weighted by Crippen LogP contribution is 2.09. The van der Waals surface area contributed by atoms with Crippen LogP contribution in [0, 0.1) is 0 Å². The summed E-state index contributed by atoms with van der Waals surface area (Å²) < 4.78 is 0. The minimum absolute atomic E-state index is 0.166. The van der Waals surface area contributed by atoms with Crippen molar-refractivity contribution in [2.75, 3.05) is 19.6 Å². The van der Waals surface area contributed by atoms with Crippen LogP contribution in [0.3, 0.4) is 0 Å². The van der Waals surface area contributed by atoms with Crippen molar-refractivity contribution in [3.63, 3.8) is 0 Å². The van der Waals surface area contributed by atoms with Crippen LogP contribution in [-0.4, -0.2) is 30.4 Å². The molecule has 1 aliphatic rings. The Morgan fingerprint density at radius 1 is 1.15 bits per heavy atom. The van der Waals surface area contributed by atoms with Crippen LogP contribution in [0.15, 0.2) is 0 Å². The second-order valence-corrected chi connectivity index (χ2v) is 3.83. The zero-order valence-electron chi connectivity index (χ0n) is 8.30. The van der Waals surface area contributed by atoms with E-state index in [1.54, 1.807) is 0 Å². The van der Waals surface area contributed by atoms with E-state index in [0.29, 0.717) is 6.42 Å². The van der Waals surface area contributed by atoms with E-state index in [0.717, 1.165) is 12.8 Å². The Bertz CT molecular complexity index is 153. The molecule has 1 heterocycles. The molecule has 1 aliphatic heterocycles. The summed E-state index contributed by atoms with van der Waals surface area (Å²) in [5.41, 5.74) is 5.05. The summed E-state index contributed by atoms with van der Waals surface area (Å²) in [5.74, 6) is -0.166. The number of hydrogen-bond donors (Lipinski definition) is 1. The molecular formula is C10H20N2O. The Balaban J connectivity index is 1.86. The predicted molar refractivity (Wildman–Crippen MR) is 53.3 cm³/mol. The van der Waals surface area contributed by atoms with Gasteiger partial charge in [0.25, 0.3) is 0 Å². The number of carbonyl (C=O) groups is 1. The Kier molecular flexibility index (Phi) is 4.83. The standard InChI is InChI=1S/C10H20N2O/c11-10(13)6-2-1-3-7-12-8-4-5-9-12/h1-9H2,(H2,11,13). The normalized spacial score (nSPS) is 17.8. The van der Waals surface area contributed by atoms with Crippen molar-refractivity contribution in [2.24, 2.45) is 5.73 Å². The lowest BCUT2D eigenvalue weighted by molar-refractivity contribution is -0.118. The minimum Gasteiger partial charge on any atom is -0.370 e. The molecule has 0 radical (unpaired) electrons. The lowest BCUT2D eigenvalue weighted by Crippen LogP contribution is -2.20. The van der Waals surface area contributed by atoms with Gasteiger partial charge in [0, 0.05) is 6.42 Å².